The highest BCUT2D eigenvalue weighted by Gasteiger charge is 2.36. The second-order valence-corrected chi connectivity index (χ2v) is 11.0. The largest absolute Gasteiger partial charge is 0.495 e. The molecular weight excluding hydrogens is 468 g/mol. The van der Waals surface area contributed by atoms with Crippen LogP contribution in [0.4, 0.5) is 0 Å². The van der Waals surface area contributed by atoms with Gasteiger partial charge in [-0.25, -0.2) is 4.79 Å². The van der Waals surface area contributed by atoms with Gasteiger partial charge < -0.3 is 23.7 Å². The van der Waals surface area contributed by atoms with E-state index in [9.17, 15) is 9.59 Å². The molecule has 1 aromatic rings. The molecule has 1 aromatic heterocycles. The normalized spacial score (nSPS) is 20.4. The third-order valence-electron chi connectivity index (χ3n) is 6.85. The van der Waals surface area contributed by atoms with Gasteiger partial charge in [0.2, 0.25) is 0 Å². The molecule has 0 spiro atoms. The zero-order valence-electron chi connectivity index (χ0n) is 23.6. The first kappa shape index (κ1) is 28.8. The Kier molecular flexibility index (Phi) is 9.82. The molecule has 0 N–H and O–H groups in total. The fourth-order valence-electron chi connectivity index (χ4n) is 4.95. The Morgan fingerprint density at radius 2 is 1.95 bits per heavy atom. The van der Waals surface area contributed by atoms with Crippen LogP contribution in [0.5, 0.6) is 0 Å². The second-order valence-electron chi connectivity index (χ2n) is 11.0. The van der Waals surface area contributed by atoms with Crippen molar-refractivity contribution < 1.29 is 19.0 Å². The predicted molar refractivity (Wildman–Crippen MR) is 147 cm³/mol. The number of hydrogen-bond donors (Lipinski definition) is 0. The summed E-state index contributed by atoms with van der Waals surface area (Å²) in [6, 6.07) is 1.65. The molecule has 37 heavy (non-hydrogen) atoms. The van der Waals surface area contributed by atoms with E-state index in [1.165, 1.54) is 0 Å². The molecule has 3 rings (SSSR count). The number of ether oxygens (including phenoxy) is 3. The van der Waals surface area contributed by atoms with E-state index in [4.69, 9.17) is 14.2 Å². The maximum Gasteiger partial charge on any atom is 0.343 e. The van der Waals surface area contributed by atoms with Crippen molar-refractivity contribution in [3.05, 3.63) is 63.3 Å². The zero-order valence-corrected chi connectivity index (χ0v) is 23.6. The summed E-state index contributed by atoms with van der Waals surface area (Å²) in [6.07, 6.45) is 11.5. The number of aromatic nitrogens is 1. The quantitative estimate of drug-likeness (QED) is 0.373. The first-order valence-corrected chi connectivity index (χ1v) is 13.6. The molecule has 2 aliphatic rings. The Balaban J connectivity index is 1.97. The van der Waals surface area contributed by atoms with Crippen LogP contribution in [-0.4, -0.2) is 55.0 Å². The number of nitrogens with zero attached hydrogens (tertiary/aromatic N) is 2. The number of pyridine rings is 1. The lowest BCUT2D eigenvalue weighted by Gasteiger charge is -2.44. The van der Waals surface area contributed by atoms with Crippen LogP contribution in [-0.2, 0) is 14.2 Å². The average Bonchev–Trinajstić information content (AvgIpc) is 2.84. The average molecular weight is 513 g/mol. The molecule has 0 fully saturated rings. The molecule has 2 unspecified atom stereocenters. The van der Waals surface area contributed by atoms with Gasteiger partial charge in [-0.3, -0.25) is 4.79 Å². The molecule has 7 nitrogen and oxygen atoms in total. The van der Waals surface area contributed by atoms with Gasteiger partial charge >= 0.3 is 5.97 Å². The third-order valence-corrected chi connectivity index (χ3v) is 6.85. The summed E-state index contributed by atoms with van der Waals surface area (Å²) in [5, 5.41) is 0. The molecule has 1 aliphatic heterocycles. The van der Waals surface area contributed by atoms with Gasteiger partial charge in [-0.15, -0.1) is 0 Å². The number of likely N-dealkylation sites (N-methyl/N-ethyl adjacent to an activating group) is 1. The molecular formula is C30H44N2O5. The van der Waals surface area contributed by atoms with E-state index in [0.29, 0.717) is 13.0 Å². The van der Waals surface area contributed by atoms with Gasteiger partial charge in [-0.1, -0.05) is 53.2 Å². The zero-order chi connectivity index (χ0) is 27.2. The van der Waals surface area contributed by atoms with E-state index in [1.54, 1.807) is 19.2 Å². The Hall–Kier alpha value is -2.80. The summed E-state index contributed by atoms with van der Waals surface area (Å²) < 4.78 is 19.4. The lowest BCUT2D eigenvalue weighted by atomic mass is 9.83. The molecule has 2 heterocycles. The Labute approximate surface area is 221 Å². The van der Waals surface area contributed by atoms with Crippen molar-refractivity contribution in [1.29, 1.82) is 0 Å². The van der Waals surface area contributed by atoms with Gasteiger partial charge in [-0.2, -0.15) is 0 Å². The van der Waals surface area contributed by atoms with Gasteiger partial charge in [-0.05, 0) is 36.8 Å². The van der Waals surface area contributed by atoms with E-state index in [0.717, 1.165) is 55.1 Å². The van der Waals surface area contributed by atoms with Crippen molar-refractivity contribution in [2.24, 2.45) is 5.41 Å². The van der Waals surface area contributed by atoms with Crippen molar-refractivity contribution in [2.75, 3.05) is 33.4 Å². The molecule has 2 atom stereocenters. The number of rotatable bonds is 10. The van der Waals surface area contributed by atoms with Crippen molar-refractivity contribution in [3.63, 3.8) is 0 Å². The first-order valence-electron chi connectivity index (χ1n) is 13.6. The molecule has 0 radical (unpaired) electrons. The lowest BCUT2D eigenvalue weighted by molar-refractivity contribution is -0.00335. The van der Waals surface area contributed by atoms with Crippen LogP contribution in [0.15, 0.2) is 46.6 Å². The molecule has 0 bridgehead atoms. The van der Waals surface area contributed by atoms with Crippen LogP contribution in [0.25, 0.3) is 5.70 Å². The molecule has 0 aromatic carbocycles. The second kappa shape index (κ2) is 12.6. The van der Waals surface area contributed by atoms with Crippen molar-refractivity contribution >= 4 is 11.7 Å². The fourth-order valence-corrected chi connectivity index (χ4v) is 4.95. The van der Waals surface area contributed by atoms with Crippen LogP contribution in [0.3, 0.4) is 0 Å². The Morgan fingerprint density at radius 3 is 2.59 bits per heavy atom. The SMILES string of the molecule is CCCOC(CCC)COC1=CC=C/C(=C2\c3cc(=O)c(C(=O)OCC)cn3C(C(C)(C)C)CN2C)C1. The van der Waals surface area contributed by atoms with Crippen LogP contribution in [0, 0.1) is 5.41 Å². The van der Waals surface area contributed by atoms with Gasteiger partial charge in [0.05, 0.1) is 30.1 Å². The smallest absolute Gasteiger partial charge is 0.343 e. The van der Waals surface area contributed by atoms with Gasteiger partial charge in [0.1, 0.15) is 17.9 Å². The molecule has 7 heteroatoms. The van der Waals surface area contributed by atoms with Gasteiger partial charge in [0, 0.05) is 38.9 Å². The topological polar surface area (TPSA) is 70.0 Å². The van der Waals surface area contributed by atoms with Crippen molar-refractivity contribution in [2.45, 2.75) is 79.4 Å². The minimum atomic E-state index is -0.577. The third kappa shape index (κ3) is 6.95. The van der Waals surface area contributed by atoms with Crippen LogP contribution < -0.4 is 5.43 Å². The van der Waals surface area contributed by atoms with Crippen LogP contribution in [0.1, 0.15) is 89.3 Å². The highest BCUT2D eigenvalue weighted by molar-refractivity contribution is 5.89. The van der Waals surface area contributed by atoms with E-state index >= 15 is 0 Å². The van der Waals surface area contributed by atoms with Crippen molar-refractivity contribution in [1.82, 2.24) is 9.47 Å². The maximum absolute atomic E-state index is 13.1. The number of esters is 1. The highest BCUT2D eigenvalue weighted by atomic mass is 16.5. The van der Waals surface area contributed by atoms with Crippen LogP contribution in [0.2, 0.25) is 0 Å². The van der Waals surface area contributed by atoms with E-state index in [1.807, 2.05) is 12.2 Å². The maximum atomic E-state index is 13.1. The molecule has 0 amide bonds. The minimum absolute atomic E-state index is 0.0648. The van der Waals surface area contributed by atoms with E-state index in [-0.39, 0.29) is 35.2 Å². The van der Waals surface area contributed by atoms with Crippen LogP contribution >= 0.6 is 0 Å². The van der Waals surface area contributed by atoms with E-state index in [2.05, 4.69) is 57.2 Å². The number of allylic oxidation sites excluding steroid dienone is 4. The summed E-state index contributed by atoms with van der Waals surface area (Å²) in [6.45, 7) is 14.8. The van der Waals surface area contributed by atoms with Gasteiger partial charge in [0.25, 0.3) is 0 Å². The summed E-state index contributed by atoms with van der Waals surface area (Å²) in [7, 11) is 2.07. The number of carbonyl (C=O) groups is 1. The highest BCUT2D eigenvalue weighted by Crippen LogP contribution is 2.41. The number of carbonyl (C=O) groups excluding carboxylic acids is 1. The summed E-state index contributed by atoms with van der Waals surface area (Å²) in [5.41, 5.74) is 2.52. The van der Waals surface area contributed by atoms with E-state index < -0.39 is 5.97 Å². The number of fused-ring (bicyclic) bond motifs is 1. The fraction of sp³-hybridized carbons (Fsp3) is 0.600. The molecule has 1 aliphatic carbocycles. The predicted octanol–water partition coefficient (Wildman–Crippen LogP) is 5.72. The Bertz CT molecular complexity index is 1110. The first-order chi connectivity index (χ1) is 17.6. The Morgan fingerprint density at radius 1 is 1.19 bits per heavy atom. The summed E-state index contributed by atoms with van der Waals surface area (Å²) in [4.78, 5) is 27.8. The monoisotopic (exact) mass is 512 g/mol. The van der Waals surface area contributed by atoms with Gasteiger partial charge in [0.15, 0.2) is 5.43 Å². The lowest BCUT2D eigenvalue weighted by Crippen LogP contribution is -2.42. The number of hydrogen-bond acceptors (Lipinski definition) is 6. The summed E-state index contributed by atoms with van der Waals surface area (Å²) >= 11 is 0. The summed E-state index contributed by atoms with van der Waals surface area (Å²) in [5.74, 6) is 0.307. The van der Waals surface area contributed by atoms with Crippen molar-refractivity contribution in [3.8, 4) is 0 Å². The standard InChI is InChI=1S/C30H44N2O5/c1-8-12-23(36-15-9-2)20-37-22-14-11-13-21(16-22)28-25-17-26(33)24(29(34)35-10-3)18-32(25)27(19-31(28)7)30(4,5)6/h11,13-14,17-18,23,27H,8-10,12,15-16,19-20H2,1-7H3/b28-21-. The minimum Gasteiger partial charge on any atom is -0.495 e. The molecule has 204 valence electrons. The molecule has 0 saturated heterocycles. The molecule has 0 saturated carbocycles.